The van der Waals surface area contributed by atoms with E-state index in [-0.39, 0.29) is 0 Å². The SMILES string of the molecule is CC1CCC(N2CCNCC2C(C)C)C(C)C1. The standard InChI is InChI=1S/C15H30N2/c1-11(2)15-10-16-7-8-17(15)14-6-5-12(3)9-13(14)4/h11-16H,5-10H2,1-4H3. The van der Waals surface area contributed by atoms with Gasteiger partial charge in [0.1, 0.15) is 0 Å². The quantitative estimate of drug-likeness (QED) is 0.796. The molecule has 1 saturated heterocycles. The van der Waals surface area contributed by atoms with E-state index in [2.05, 4.69) is 37.9 Å². The van der Waals surface area contributed by atoms with Crippen molar-refractivity contribution < 1.29 is 0 Å². The van der Waals surface area contributed by atoms with E-state index in [1.54, 1.807) is 0 Å². The molecule has 2 fully saturated rings. The molecule has 2 rings (SSSR count). The molecular formula is C15H30N2. The number of piperazine rings is 1. The smallest absolute Gasteiger partial charge is 0.0247 e. The van der Waals surface area contributed by atoms with Gasteiger partial charge in [-0.05, 0) is 37.0 Å². The second kappa shape index (κ2) is 5.71. The van der Waals surface area contributed by atoms with Crippen molar-refractivity contribution in [3.05, 3.63) is 0 Å². The molecule has 1 aliphatic carbocycles. The highest BCUT2D eigenvalue weighted by atomic mass is 15.2. The fourth-order valence-electron chi connectivity index (χ4n) is 3.91. The molecule has 4 unspecified atom stereocenters. The zero-order valence-corrected chi connectivity index (χ0v) is 12.1. The number of hydrogen-bond donors (Lipinski definition) is 1. The molecule has 0 radical (unpaired) electrons. The van der Waals surface area contributed by atoms with E-state index in [4.69, 9.17) is 0 Å². The van der Waals surface area contributed by atoms with Gasteiger partial charge in [0.25, 0.3) is 0 Å². The predicted octanol–water partition coefficient (Wildman–Crippen LogP) is 2.74. The minimum absolute atomic E-state index is 0.754. The third kappa shape index (κ3) is 3.03. The van der Waals surface area contributed by atoms with Crippen LogP contribution in [0.15, 0.2) is 0 Å². The molecule has 2 heteroatoms. The van der Waals surface area contributed by atoms with Crippen molar-refractivity contribution in [2.45, 2.75) is 59.0 Å². The van der Waals surface area contributed by atoms with Crippen molar-refractivity contribution in [1.82, 2.24) is 10.2 Å². The lowest BCUT2D eigenvalue weighted by Crippen LogP contribution is -2.59. The average Bonchev–Trinajstić information content (AvgIpc) is 2.29. The summed E-state index contributed by atoms with van der Waals surface area (Å²) in [6, 6.07) is 1.60. The summed E-state index contributed by atoms with van der Waals surface area (Å²) < 4.78 is 0. The maximum atomic E-state index is 3.57. The van der Waals surface area contributed by atoms with Gasteiger partial charge in [0.2, 0.25) is 0 Å². The van der Waals surface area contributed by atoms with Gasteiger partial charge in [0.15, 0.2) is 0 Å². The molecule has 1 heterocycles. The molecule has 2 nitrogen and oxygen atoms in total. The Morgan fingerprint density at radius 2 is 1.94 bits per heavy atom. The molecule has 0 aromatic rings. The van der Waals surface area contributed by atoms with Crippen molar-refractivity contribution in [2.24, 2.45) is 17.8 Å². The maximum Gasteiger partial charge on any atom is 0.0247 e. The van der Waals surface area contributed by atoms with Crippen molar-refractivity contribution >= 4 is 0 Å². The molecule has 0 amide bonds. The third-order valence-electron chi connectivity index (χ3n) is 4.91. The Bertz CT molecular complexity index is 239. The van der Waals surface area contributed by atoms with Gasteiger partial charge in [-0.15, -0.1) is 0 Å². The van der Waals surface area contributed by atoms with Gasteiger partial charge in [0, 0.05) is 31.7 Å². The van der Waals surface area contributed by atoms with Crippen LogP contribution in [0.3, 0.4) is 0 Å². The summed E-state index contributed by atoms with van der Waals surface area (Å²) in [6.07, 6.45) is 4.29. The Morgan fingerprint density at radius 1 is 1.18 bits per heavy atom. The van der Waals surface area contributed by atoms with Crippen molar-refractivity contribution in [3.63, 3.8) is 0 Å². The van der Waals surface area contributed by atoms with E-state index in [0.717, 1.165) is 29.8 Å². The van der Waals surface area contributed by atoms with Crippen molar-refractivity contribution in [2.75, 3.05) is 19.6 Å². The summed E-state index contributed by atoms with van der Waals surface area (Å²) in [5.41, 5.74) is 0. The van der Waals surface area contributed by atoms with Crippen LogP contribution in [0.25, 0.3) is 0 Å². The first-order valence-corrected chi connectivity index (χ1v) is 7.56. The molecule has 0 spiro atoms. The molecule has 17 heavy (non-hydrogen) atoms. The monoisotopic (exact) mass is 238 g/mol. The lowest BCUT2D eigenvalue weighted by atomic mass is 9.78. The molecule has 0 bridgehead atoms. The second-order valence-corrected chi connectivity index (χ2v) is 6.72. The fraction of sp³-hybridized carbons (Fsp3) is 1.00. The van der Waals surface area contributed by atoms with Crippen LogP contribution in [0, 0.1) is 17.8 Å². The Morgan fingerprint density at radius 3 is 2.59 bits per heavy atom. The van der Waals surface area contributed by atoms with Crippen LogP contribution in [0.2, 0.25) is 0 Å². The highest BCUT2D eigenvalue weighted by Gasteiger charge is 2.35. The number of nitrogens with zero attached hydrogens (tertiary/aromatic N) is 1. The lowest BCUT2D eigenvalue weighted by Gasteiger charge is -2.48. The van der Waals surface area contributed by atoms with Gasteiger partial charge < -0.3 is 5.32 Å². The van der Waals surface area contributed by atoms with Crippen LogP contribution < -0.4 is 5.32 Å². The van der Waals surface area contributed by atoms with E-state index in [0.29, 0.717) is 0 Å². The van der Waals surface area contributed by atoms with Gasteiger partial charge in [-0.1, -0.05) is 27.7 Å². The summed E-state index contributed by atoms with van der Waals surface area (Å²) in [6.45, 7) is 13.3. The Kier molecular flexibility index (Phi) is 4.48. The maximum absolute atomic E-state index is 3.57. The molecule has 2 aliphatic rings. The normalized spacial score (nSPS) is 40.8. The second-order valence-electron chi connectivity index (χ2n) is 6.72. The average molecular weight is 238 g/mol. The van der Waals surface area contributed by atoms with Crippen LogP contribution in [0.4, 0.5) is 0 Å². The van der Waals surface area contributed by atoms with Crippen molar-refractivity contribution in [1.29, 1.82) is 0 Å². The molecule has 1 saturated carbocycles. The molecule has 1 aliphatic heterocycles. The first-order chi connectivity index (χ1) is 8.09. The molecule has 1 N–H and O–H groups in total. The van der Waals surface area contributed by atoms with Gasteiger partial charge in [0.05, 0.1) is 0 Å². The zero-order valence-electron chi connectivity index (χ0n) is 12.1. The minimum atomic E-state index is 0.754. The number of nitrogens with one attached hydrogen (secondary N) is 1. The Labute approximate surface area is 107 Å². The minimum Gasteiger partial charge on any atom is -0.314 e. The molecule has 4 atom stereocenters. The molecule has 100 valence electrons. The van der Waals surface area contributed by atoms with E-state index in [9.17, 15) is 0 Å². The highest BCUT2D eigenvalue weighted by Crippen LogP contribution is 2.34. The molecule has 0 aromatic carbocycles. The van der Waals surface area contributed by atoms with E-state index >= 15 is 0 Å². The van der Waals surface area contributed by atoms with Crippen LogP contribution in [-0.4, -0.2) is 36.6 Å². The zero-order chi connectivity index (χ0) is 12.4. The lowest BCUT2D eigenvalue weighted by molar-refractivity contribution is 0.0229. The van der Waals surface area contributed by atoms with Gasteiger partial charge in [-0.3, -0.25) is 4.90 Å². The highest BCUT2D eigenvalue weighted by molar-refractivity contribution is 4.91. The van der Waals surface area contributed by atoms with E-state index in [1.165, 1.54) is 38.9 Å². The Balaban J connectivity index is 2.03. The van der Waals surface area contributed by atoms with Crippen LogP contribution in [0.1, 0.15) is 47.0 Å². The third-order valence-corrected chi connectivity index (χ3v) is 4.91. The first kappa shape index (κ1) is 13.4. The summed E-state index contributed by atoms with van der Waals surface area (Å²) in [7, 11) is 0. The van der Waals surface area contributed by atoms with Crippen LogP contribution >= 0.6 is 0 Å². The largest absolute Gasteiger partial charge is 0.314 e. The summed E-state index contributed by atoms with van der Waals surface area (Å²) >= 11 is 0. The van der Waals surface area contributed by atoms with E-state index in [1.807, 2.05) is 0 Å². The number of rotatable bonds is 2. The first-order valence-electron chi connectivity index (χ1n) is 7.56. The van der Waals surface area contributed by atoms with Gasteiger partial charge in [-0.2, -0.15) is 0 Å². The molecular weight excluding hydrogens is 208 g/mol. The van der Waals surface area contributed by atoms with E-state index < -0.39 is 0 Å². The van der Waals surface area contributed by atoms with Crippen LogP contribution in [-0.2, 0) is 0 Å². The van der Waals surface area contributed by atoms with Gasteiger partial charge in [-0.25, -0.2) is 0 Å². The van der Waals surface area contributed by atoms with Gasteiger partial charge >= 0.3 is 0 Å². The fourth-order valence-corrected chi connectivity index (χ4v) is 3.91. The summed E-state index contributed by atoms with van der Waals surface area (Å²) in [5.74, 6) is 2.61. The summed E-state index contributed by atoms with van der Waals surface area (Å²) in [5, 5.41) is 3.57. The van der Waals surface area contributed by atoms with Crippen molar-refractivity contribution in [3.8, 4) is 0 Å². The Hall–Kier alpha value is -0.0800. The molecule has 0 aromatic heterocycles. The van der Waals surface area contributed by atoms with Crippen LogP contribution in [0.5, 0.6) is 0 Å². The number of hydrogen-bond acceptors (Lipinski definition) is 2. The summed E-state index contributed by atoms with van der Waals surface area (Å²) in [4.78, 5) is 2.83. The predicted molar refractivity (Wildman–Crippen MR) is 74.2 cm³/mol. The topological polar surface area (TPSA) is 15.3 Å².